The van der Waals surface area contributed by atoms with Crippen molar-refractivity contribution in [3.05, 3.63) is 0 Å². The van der Waals surface area contributed by atoms with E-state index in [2.05, 4.69) is 5.32 Å². The zero-order valence-electron chi connectivity index (χ0n) is 8.95. The van der Waals surface area contributed by atoms with Gasteiger partial charge in [-0.1, -0.05) is 0 Å². The molecule has 1 radical (unpaired) electrons. The van der Waals surface area contributed by atoms with Gasteiger partial charge in [0.05, 0.1) is 12.2 Å². The Morgan fingerprint density at radius 3 is 2.60 bits per heavy atom. The molecule has 0 bridgehead atoms. The maximum absolute atomic E-state index is 11.5. The molecule has 0 aromatic rings. The van der Waals surface area contributed by atoms with E-state index >= 15 is 0 Å². The van der Waals surface area contributed by atoms with Crippen molar-refractivity contribution in [2.45, 2.75) is 31.3 Å². The number of carbonyl (C=O) groups is 2. The fourth-order valence-electron chi connectivity index (χ4n) is 2.45. The summed E-state index contributed by atoms with van der Waals surface area (Å²) in [5, 5.41) is 11.9. The quantitative estimate of drug-likeness (QED) is 0.610. The molecule has 0 aromatic carbocycles. The Hall–Kier alpha value is -0.100. The average molecular weight is 221 g/mol. The first-order valence-corrected chi connectivity index (χ1v) is 4.91. The van der Waals surface area contributed by atoms with Crippen molar-refractivity contribution < 1.29 is 14.7 Å². The number of carboxylic acid groups (broad SMARTS) is 1. The summed E-state index contributed by atoms with van der Waals surface area (Å²) in [5.74, 6) is -1.03. The molecule has 2 N–H and O–H groups in total. The number of amides is 1. The fraction of sp³-hybridized carbons (Fsp3) is 0.778. The van der Waals surface area contributed by atoms with Crippen molar-refractivity contribution >= 4 is 41.4 Å². The molecule has 1 amide bonds. The second-order valence-electron chi connectivity index (χ2n) is 3.97. The van der Waals surface area contributed by atoms with Crippen molar-refractivity contribution in [2.75, 3.05) is 13.1 Å². The van der Waals surface area contributed by atoms with Gasteiger partial charge >= 0.3 is 5.97 Å². The molecule has 1 saturated carbocycles. The summed E-state index contributed by atoms with van der Waals surface area (Å²) >= 11 is 0. The molecule has 0 atom stereocenters. The minimum Gasteiger partial charge on any atom is -0.480 e. The molecule has 6 heteroatoms. The number of carbonyl (C=O) groups excluding carboxylic acids is 1. The van der Waals surface area contributed by atoms with Crippen molar-refractivity contribution in [1.82, 2.24) is 10.2 Å². The number of hydrogen-bond donors (Lipinski definition) is 2. The standard InChI is InChI=1S/C9H14N2O3.Na/c12-7-5-10-9(3-1-2-4-9)11(7)6-8(13)14;/h10H,1-6H2,(H,13,14);. The summed E-state index contributed by atoms with van der Waals surface area (Å²) in [5.41, 5.74) is -0.338. The number of nitrogens with zero attached hydrogens (tertiary/aromatic N) is 1. The van der Waals surface area contributed by atoms with Crippen LogP contribution >= 0.6 is 0 Å². The molecule has 1 aliphatic carbocycles. The molecule has 5 nitrogen and oxygen atoms in total. The molecule has 0 unspecified atom stereocenters. The van der Waals surface area contributed by atoms with Crippen LogP contribution in [0.25, 0.3) is 0 Å². The van der Waals surface area contributed by atoms with Crippen LogP contribution in [-0.4, -0.2) is 70.2 Å². The van der Waals surface area contributed by atoms with E-state index in [1.165, 1.54) is 4.90 Å². The van der Waals surface area contributed by atoms with Crippen LogP contribution < -0.4 is 5.32 Å². The predicted molar refractivity (Wildman–Crippen MR) is 54.3 cm³/mol. The summed E-state index contributed by atoms with van der Waals surface area (Å²) in [6.07, 6.45) is 3.89. The van der Waals surface area contributed by atoms with E-state index in [0.717, 1.165) is 25.7 Å². The molecule has 2 aliphatic rings. The summed E-state index contributed by atoms with van der Waals surface area (Å²) in [6, 6.07) is 0. The van der Waals surface area contributed by atoms with Gasteiger partial charge in [0.25, 0.3) is 0 Å². The first-order valence-electron chi connectivity index (χ1n) is 4.91. The van der Waals surface area contributed by atoms with Crippen LogP contribution in [0.3, 0.4) is 0 Å². The molecule has 1 aliphatic heterocycles. The Balaban J connectivity index is 0.00000112. The van der Waals surface area contributed by atoms with Gasteiger partial charge in [0.1, 0.15) is 6.54 Å². The topological polar surface area (TPSA) is 69.6 Å². The van der Waals surface area contributed by atoms with Gasteiger partial charge in [-0.15, -0.1) is 0 Å². The molecule has 15 heavy (non-hydrogen) atoms. The van der Waals surface area contributed by atoms with E-state index in [1.54, 1.807) is 0 Å². The molecular weight excluding hydrogens is 207 g/mol. The summed E-state index contributed by atoms with van der Waals surface area (Å²) in [7, 11) is 0. The minimum absolute atomic E-state index is 0. The van der Waals surface area contributed by atoms with Gasteiger partial charge in [-0.05, 0) is 25.7 Å². The Kier molecular flexibility index (Phi) is 4.17. The van der Waals surface area contributed by atoms with Gasteiger partial charge in [0, 0.05) is 29.6 Å². The Morgan fingerprint density at radius 1 is 1.47 bits per heavy atom. The zero-order chi connectivity index (χ0) is 10.2. The molecule has 2 rings (SSSR count). The van der Waals surface area contributed by atoms with Gasteiger partial charge < -0.3 is 10.0 Å². The number of carboxylic acids is 1. The summed E-state index contributed by atoms with van der Waals surface area (Å²) < 4.78 is 0. The van der Waals surface area contributed by atoms with E-state index in [0.29, 0.717) is 0 Å². The van der Waals surface area contributed by atoms with Gasteiger partial charge in [-0.25, -0.2) is 0 Å². The first kappa shape index (κ1) is 13.0. The third-order valence-electron chi connectivity index (χ3n) is 3.11. The number of nitrogens with one attached hydrogen (secondary N) is 1. The third kappa shape index (κ3) is 2.36. The van der Waals surface area contributed by atoms with E-state index in [1.807, 2.05) is 0 Å². The van der Waals surface area contributed by atoms with Gasteiger partial charge in [0.15, 0.2) is 0 Å². The van der Waals surface area contributed by atoms with E-state index in [-0.39, 0.29) is 54.2 Å². The molecular formula is C9H14N2NaO3. The molecule has 79 valence electrons. The van der Waals surface area contributed by atoms with Crippen LogP contribution in [0.4, 0.5) is 0 Å². The SMILES string of the molecule is O=C(O)CN1C(=O)CNC12CCCC2.[Na]. The van der Waals surface area contributed by atoms with Gasteiger partial charge in [-0.2, -0.15) is 0 Å². The number of aliphatic carboxylic acids is 1. The smallest absolute Gasteiger partial charge is 0.323 e. The van der Waals surface area contributed by atoms with Crippen LogP contribution in [0.2, 0.25) is 0 Å². The van der Waals surface area contributed by atoms with Crippen LogP contribution in [-0.2, 0) is 9.59 Å². The zero-order valence-corrected chi connectivity index (χ0v) is 11.0. The molecule has 1 spiro atoms. The Bertz CT molecular complexity index is 277. The third-order valence-corrected chi connectivity index (χ3v) is 3.11. The molecule has 2 fully saturated rings. The van der Waals surface area contributed by atoms with Gasteiger partial charge in [0.2, 0.25) is 5.91 Å². The van der Waals surface area contributed by atoms with Crippen molar-refractivity contribution in [1.29, 1.82) is 0 Å². The van der Waals surface area contributed by atoms with E-state index < -0.39 is 5.97 Å². The van der Waals surface area contributed by atoms with Crippen molar-refractivity contribution in [3.8, 4) is 0 Å². The van der Waals surface area contributed by atoms with Crippen LogP contribution in [0.5, 0.6) is 0 Å². The Labute approximate surface area is 110 Å². The van der Waals surface area contributed by atoms with Crippen LogP contribution in [0.1, 0.15) is 25.7 Å². The summed E-state index contributed by atoms with van der Waals surface area (Å²) in [4.78, 5) is 23.6. The maximum Gasteiger partial charge on any atom is 0.323 e. The van der Waals surface area contributed by atoms with Crippen molar-refractivity contribution in [3.63, 3.8) is 0 Å². The maximum atomic E-state index is 11.5. The predicted octanol–water partition coefficient (Wildman–Crippen LogP) is -0.608. The summed E-state index contributed by atoms with van der Waals surface area (Å²) in [6.45, 7) is 0.110. The molecule has 0 aromatic heterocycles. The first-order chi connectivity index (χ1) is 6.64. The minimum atomic E-state index is -0.937. The van der Waals surface area contributed by atoms with Crippen LogP contribution in [0.15, 0.2) is 0 Å². The molecule has 1 heterocycles. The molecule has 1 saturated heterocycles. The monoisotopic (exact) mass is 221 g/mol. The normalized spacial score (nSPS) is 23.2. The van der Waals surface area contributed by atoms with E-state index in [9.17, 15) is 9.59 Å². The average Bonchev–Trinajstić information content (AvgIpc) is 2.69. The number of hydrogen-bond acceptors (Lipinski definition) is 3. The second kappa shape index (κ2) is 4.82. The van der Waals surface area contributed by atoms with Crippen molar-refractivity contribution in [2.24, 2.45) is 0 Å². The van der Waals surface area contributed by atoms with Gasteiger partial charge in [-0.3, -0.25) is 14.9 Å². The largest absolute Gasteiger partial charge is 0.480 e. The fourth-order valence-corrected chi connectivity index (χ4v) is 2.45. The van der Waals surface area contributed by atoms with E-state index in [4.69, 9.17) is 5.11 Å². The Morgan fingerprint density at radius 2 is 2.07 bits per heavy atom. The van der Waals surface area contributed by atoms with Crippen LogP contribution in [0, 0.1) is 0 Å². The number of rotatable bonds is 2. The second-order valence-corrected chi connectivity index (χ2v) is 3.97.